The van der Waals surface area contributed by atoms with Gasteiger partial charge in [-0.25, -0.2) is 4.68 Å². The second kappa shape index (κ2) is 8.23. The Morgan fingerprint density at radius 1 is 1.28 bits per heavy atom. The van der Waals surface area contributed by atoms with Crippen LogP contribution in [0.2, 0.25) is 5.02 Å². The van der Waals surface area contributed by atoms with Crippen LogP contribution in [0.5, 0.6) is 5.75 Å². The maximum absolute atomic E-state index is 11.7. The Balaban J connectivity index is 1.79. The molecule has 0 spiro atoms. The molecule has 2 aromatic carbocycles. The fraction of sp³-hybridized carbons (Fsp3) is 0.190. The maximum Gasteiger partial charge on any atom is 0.262 e. The van der Waals surface area contributed by atoms with Crippen molar-refractivity contribution in [3.63, 3.8) is 0 Å². The average Bonchev–Trinajstić information content (AvgIpc) is 3.07. The highest BCUT2D eigenvalue weighted by Crippen LogP contribution is 2.32. The van der Waals surface area contributed by atoms with Gasteiger partial charge in [-0.05, 0) is 49.7 Å². The van der Waals surface area contributed by atoms with E-state index in [1.165, 1.54) is 11.3 Å². The van der Waals surface area contributed by atoms with Crippen molar-refractivity contribution in [1.82, 2.24) is 4.68 Å². The highest BCUT2D eigenvalue weighted by molar-refractivity contribution is 7.07. The molecule has 6 nitrogen and oxygen atoms in total. The summed E-state index contributed by atoms with van der Waals surface area (Å²) in [7, 11) is 0. The van der Waals surface area contributed by atoms with Gasteiger partial charge in [0.25, 0.3) is 5.91 Å². The molecule has 0 bridgehead atoms. The molecule has 1 N–H and O–H groups in total. The third kappa shape index (κ3) is 4.41. The summed E-state index contributed by atoms with van der Waals surface area (Å²) in [5.74, 6) is 0.493. The van der Waals surface area contributed by atoms with Crippen LogP contribution in [0.4, 0.5) is 5.69 Å². The van der Waals surface area contributed by atoms with E-state index < -0.39 is 0 Å². The molecule has 8 heteroatoms. The van der Waals surface area contributed by atoms with Crippen LogP contribution < -0.4 is 14.9 Å². The van der Waals surface area contributed by atoms with E-state index in [0.717, 1.165) is 21.6 Å². The molecule has 0 unspecified atom stereocenters. The lowest BCUT2D eigenvalue weighted by Crippen LogP contribution is -2.25. The minimum Gasteiger partial charge on any atom is -0.482 e. The van der Waals surface area contributed by atoms with Crippen molar-refractivity contribution in [3.8, 4) is 17.0 Å². The molecule has 0 radical (unpaired) electrons. The molecule has 0 fully saturated rings. The molecule has 148 valence electrons. The first-order chi connectivity index (χ1) is 14.0. The Kier molecular flexibility index (Phi) is 5.51. The molecule has 1 amide bonds. The zero-order valence-electron chi connectivity index (χ0n) is 15.9. The summed E-state index contributed by atoms with van der Waals surface area (Å²) >= 11 is 7.59. The molecule has 29 heavy (non-hydrogen) atoms. The van der Waals surface area contributed by atoms with Crippen LogP contribution in [-0.4, -0.2) is 29.4 Å². The average molecular weight is 427 g/mol. The van der Waals surface area contributed by atoms with Gasteiger partial charge in [0.2, 0.25) is 4.80 Å². The Bertz CT molecular complexity index is 1160. The molecule has 0 saturated heterocycles. The largest absolute Gasteiger partial charge is 0.482 e. The van der Waals surface area contributed by atoms with Gasteiger partial charge in [-0.15, -0.1) is 11.3 Å². The van der Waals surface area contributed by atoms with Crippen LogP contribution in [0, 0.1) is 0 Å². The molecule has 0 atom stereocenters. The van der Waals surface area contributed by atoms with Crippen molar-refractivity contribution >= 4 is 40.7 Å². The minimum absolute atomic E-state index is 0.0339. The van der Waals surface area contributed by atoms with Gasteiger partial charge in [0, 0.05) is 22.0 Å². The zero-order chi connectivity index (χ0) is 20.4. The molecular weight excluding hydrogens is 408 g/mol. The molecule has 3 aromatic rings. The highest BCUT2D eigenvalue weighted by Gasteiger charge is 2.17. The van der Waals surface area contributed by atoms with Gasteiger partial charge in [0.05, 0.1) is 17.6 Å². The van der Waals surface area contributed by atoms with E-state index in [0.29, 0.717) is 16.5 Å². The van der Waals surface area contributed by atoms with Crippen molar-refractivity contribution < 1.29 is 9.53 Å². The summed E-state index contributed by atoms with van der Waals surface area (Å²) in [6.07, 6.45) is 1.75. The molecular formula is C21H19ClN4O2S. The number of hydrogen-bond donors (Lipinski definition) is 1. The third-order valence-corrected chi connectivity index (χ3v) is 5.20. The van der Waals surface area contributed by atoms with E-state index in [1.54, 1.807) is 10.9 Å². The van der Waals surface area contributed by atoms with E-state index in [1.807, 2.05) is 61.7 Å². The number of nitrogens with one attached hydrogen (secondary N) is 1. The lowest BCUT2D eigenvalue weighted by Gasteiger charge is -2.18. The predicted molar refractivity (Wildman–Crippen MR) is 117 cm³/mol. The smallest absolute Gasteiger partial charge is 0.262 e. The van der Waals surface area contributed by atoms with E-state index >= 15 is 0 Å². The first-order valence-electron chi connectivity index (χ1n) is 9.11. The van der Waals surface area contributed by atoms with Crippen LogP contribution in [-0.2, 0) is 4.79 Å². The molecule has 1 aliphatic rings. The number of amides is 1. The molecule has 1 aromatic heterocycles. The minimum atomic E-state index is -0.165. The standard InChI is InChI=1S/C21H19ClN4O2S/c1-13(2)24-21-26(23-10-14-4-3-5-16(22)8-14)18(12-29-21)15-6-7-19-17(9-15)25-20(27)11-28-19/h3-10,12-13H,11H2,1-2H3,(H,25,27). The fourth-order valence-corrected chi connectivity index (χ4v) is 4.04. The molecule has 4 rings (SSSR count). The number of hydrogen-bond acceptors (Lipinski definition) is 5. The number of anilines is 1. The summed E-state index contributed by atoms with van der Waals surface area (Å²) in [4.78, 5) is 17.1. The van der Waals surface area contributed by atoms with E-state index in [2.05, 4.69) is 15.4 Å². The summed E-state index contributed by atoms with van der Waals surface area (Å²) in [6, 6.07) is 13.3. The quantitative estimate of drug-likeness (QED) is 0.628. The number of rotatable bonds is 4. The van der Waals surface area contributed by atoms with Crippen LogP contribution in [0.3, 0.4) is 0 Å². The predicted octanol–water partition coefficient (Wildman–Crippen LogP) is 4.39. The van der Waals surface area contributed by atoms with Crippen molar-refractivity contribution in [2.45, 2.75) is 19.9 Å². The number of benzene rings is 2. The molecule has 2 heterocycles. The van der Waals surface area contributed by atoms with Gasteiger partial charge in [-0.1, -0.05) is 23.7 Å². The number of thiazole rings is 1. The van der Waals surface area contributed by atoms with Crippen LogP contribution in [0.15, 0.2) is 57.9 Å². The van der Waals surface area contributed by atoms with Crippen molar-refractivity contribution in [2.75, 3.05) is 11.9 Å². The van der Waals surface area contributed by atoms with Gasteiger partial charge in [0.1, 0.15) is 5.75 Å². The first kappa shape index (κ1) is 19.4. The zero-order valence-corrected chi connectivity index (χ0v) is 17.5. The number of halogens is 1. The summed E-state index contributed by atoms with van der Waals surface area (Å²) in [5.41, 5.74) is 3.32. The van der Waals surface area contributed by atoms with Gasteiger partial charge >= 0.3 is 0 Å². The highest BCUT2D eigenvalue weighted by atomic mass is 35.5. The fourth-order valence-electron chi connectivity index (χ4n) is 2.87. The second-order valence-corrected chi connectivity index (χ2v) is 8.06. The van der Waals surface area contributed by atoms with Crippen LogP contribution in [0.1, 0.15) is 19.4 Å². The summed E-state index contributed by atoms with van der Waals surface area (Å²) in [6.45, 7) is 4.08. The van der Waals surface area contributed by atoms with E-state index in [9.17, 15) is 4.79 Å². The number of carbonyl (C=O) groups is 1. The summed E-state index contributed by atoms with van der Waals surface area (Å²) < 4.78 is 7.26. The molecule has 0 saturated carbocycles. The molecule has 1 aliphatic heterocycles. The van der Waals surface area contributed by atoms with Crippen molar-refractivity contribution in [3.05, 3.63) is 63.2 Å². The van der Waals surface area contributed by atoms with Gasteiger partial charge in [-0.3, -0.25) is 9.79 Å². The van der Waals surface area contributed by atoms with Crippen LogP contribution >= 0.6 is 22.9 Å². The lowest BCUT2D eigenvalue weighted by molar-refractivity contribution is -0.118. The van der Waals surface area contributed by atoms with Crippen LogP contribution in [0.25, 0.3) is 11.3 Å². The first-order valence-corrected chi connectivity index (χ1v) is 10.4. The Morgan fingerprint density at radius 2 is 2.14 bits per heavy atom. The monoisotopic (exact) mass is 426 g/mol. The number of carbonyl (C=O) groups excluding carboxylic acids is 1. The third-order valence-electron chi connectivity index (χ3n) is 4.13. The number of ether oxygens (including phenoxy) is 1. The Labute approximate surface area is 177 Å². The second-order valence-electron chi connectivity index (χ2n) is 6.79. The number of fused-ring (bicyclic) bond motifs is 1. The summed E-state index contributed by atoms with van der Waals surface area (Å²) in [5, 5.41) is 10.2. The van der Waals surface area contributed by atoms with Crippen molar-refractivity contribution in [1.29, 1.82) is 0 Å². The number of nitrogens with zero attached hydrogens (tertiary/aromatic N) is 3. The van der Waals surface area contributed by atoms with Crippen molar-refractivity contribution in [2.24, 2.45) is 10.1 Å². The molecule has 0 aliphatic carbocycles. The van der Waals surface area contributed by atoms with E-state index in [-0.39, 0.29) is 18.6 Å². The normalized spacial score (nSPS) is 14.2. The number of aromatic nitrogens is 1. The van der Waals surface area contributed by atoms with Gasteiger partial charge in [0.15, 0.2) is 6.61 Å². The maximum atomic E-state index is 11.7. The van der Waals surface area contributed by atoms with Gasteiger partial charge < -0.3 is 10.1 Å². The SMILES string of the molecule is CC(C)N=c1scc(-c2ccc3c(c2)NC(=O)CO3)n1N=Cc1cccc(Cl)c1. The topological polar surface area (TPSA) is 68.0 Å². The van der Waals surface area contributed by atoms with Gasteiger partial charge in [-0.2, -0.15) is 5.10 Å². The van der Waals surface area contributed by atoms with E-state index in [4.69, 9.17) is 16.3 Å². The lowest BCUT2D eigenvalue weighted by atomic mass is 10.1. The Hall–Kier alpha value is -2.90. The Morgan fingerprint density at radius 3 is 2.93 bits per heavy atom.